The molecule has 0 fully saturated rings. The highest BCUT2D eigenvalue weighted by atomic mass is 79.9. The highest BCUT2D eigenvalue weighted by Gasteiger charge is 2.33. The third-order valence-electron chi connectivity index (χ3n) is 1.55. The Balaban J connectivity index is 3.26. The summed E-state index contributed by atoms with van der Waals surface area (Å²) in [5.41, 5.74) is -1.41. The van der Waals surface area contributed by atoms with Gasteiger partial charge >= 0.3 is 6.36 Å². The molecule has 0 aliphatic heterocycles. The largest absolute Gasteiger partial charge is 0.574 e. The van der Waals surface area contributed by atoms with Crippen LogP contribution >= 0.6 is 15.9 Å². The molecule has 0 N–H and O–H groups in total. The van der Waals surface area contributed by atoms with E-state index >= 15 is 0 Å². The molecular weight excluding hydrogens is 315 g/mol. The third-order valence-corrected chi connectivity index (χ3v) is 2.12. The Morgan fingerprint density at radius 1 is 1.41 bits per heavy atom. The summed E-state index contributed by atoms with van der Waals surface area (Å²) in [5.74, 6) is -1.06. The van der Waals surface area contributed by atoms with Gasteiger partial charge in [0.15, 0.2) is 0 Å². The van der Waals surface area contributed by atoms with Gasteiger partial charge in [0.1, 0.15) is 10.7 Å². The fraction of sp³-hybridized carbons (Fsp3) is 0.250. The van der Waals surface area contributed by atoms with Crippen molar-refractivity contribution in [2.45, 2.75) is 12.8 Å². The van der Waals surface area contributed by atoms with Crippen LogP contribution in [0, 0.1) is 11.3 Å². The van der Waals surface area contributed by atoms with Gasteiger partial charge in [-0.3, -0.25) is 0 Å². The van der Waals surface area contributed by atoms with Crippen molar-refractivity contribution in [1.82, 2.24) is 4.98 Å². The summed E-state index contributed by atoms with van der Waals surface area (Å²) in [4.78, 5) is 3.19. The van der Waals surface area contributed by atoms with E-state index in [1.165, 1.54) is 6.07 Å². The van der Waals surface area contributed by atoms with Crippen LogP contribution in [-0.4, -0.2) is 11.3 Å². The van der Waals surface area contributed by atoms with E-state index in [9.17, 15) is 22.0 Å². The zero-order valence-electron chi connectivity index (χ0n) is 7.73. The highest BCUT2D eigenvalue weighted by molar-refractivity contribution is 9.10. The number of aromatic nitrogens is 1. The van der Waals surface area contributed by atoms with E-state index in [0.717, 1.165) is 0 Å². The Bertz CT molecular complexity index is 468. The average molecular weight is 317 g/mol. The molecule has 1 aromatic heterocycles. The van der Waals surface area contributed by atoms with Gasteiger partial charge in [0.2, 0.25) is 5.88 Å². The molecule has 17 heavy (non-hydrogen) atoms. The molecule has 0 unspecified atom stereocenters. The molecule has 1 aromatic rings. The lowest BCUT2D eigenvalue weighted by atomic mass is 10.1. The molecule has 0 aromatic carbocycles. The molecular formula is C8H2BrF5N2O. The van der Waals surface area contributed by atoms with E-state index in [-0.39, 0.29) is 0 Å². The van der Waals surface area contributed by atoms with E-state index in [0.29, 0.717) is 6.07 Å². The molecule has 0 aliphatic carbocycles. The standard InChI is InChI=1S/C8H2BrF5N2O/c9-6-4(2-15)3(7(10)11)1-5(16-6)17-8(12,13)14/h1,7H. The van der Waals surface area contributed by atoms with Gasteiger partial charge in [-0.05, 0) is 15.9 Å². The first-order valence-corrected chi connectivity index (χ1v) is 4.68. The van der Waals surface area contributed by atoms with Crippen LogP contribution in [0.2, 0.25) is 0 Å². The second-order valence-corrected chi connectivity index (χ2v) is 3.43. The molecule has 0 atom stereocenters. The zero-order chi connectivity index (χ0) is 13.2. The first-order chi connectivity index (χ1) is 7.74. The van der Waals surface area contributed by atoms with Crippen molar-refractivity contribution in [3.8, 4) is 11.9 Å². The van der Waals surface area contributed by atoms with Crippen molar-refractivity contribution in [2.75, 3.05) is 0 Å². The molecule has 3 nitrogen and oxygen atoms in total. The van der Waals surface area contributed by atoms with Crippen molar-refractivity contribution >= 4 is 15.9 Å². The molecule has 0 saturated heterocycles. The molecule has 0 spiro atoms. The highest BCUT2D eigenvalue weighted by Crippen LogP contribution is 2.32. The first-order valence-electron chi connectivity index (χ1n) is 3.89. The predicted octanol–water partition coefficient (Wildman–Crippen LogP) is 3.55. The van der Waals surface area contributed by atoms with Crippen LogP contribution in [0.1, 0.15) is 17.6 Å². The summed E-state index contributed by atoms with van der Waals surface area (Å²) in [5, 5.41) is 8.56. The monoisotopic (exact) mass is 316 g/mol. The van der Waals surface area contributed by atoms with Crippen LogP contribution in [0.25, 0.3) is 0 Å². The van der Waals surface area contributed by atoms with E-state index < -0.39 is 34.4 Å². The van der Waals surface area contributed by atoms with Crippen LogP contribution in [0.5, 0.6) is 5.88 Å². The quantitative estimate of drug-likeness (QED) is 0.619. The number of ether oxygens (including phenoxy) is 1. The number of rotatable bonds is 2. The Morgan fingerprint density at radius 3 is 2.41 bits per heavy atom. The van der Waals surface area contributed by atoms with E-state index in [1.54, 1.807) is 0 Å². The summed E-state index contributed by atoms with van der Waals surface area (Å²) < 4.78 is 63.5. The van der Waals surface area contributed by atoms with Gasteiger partial charge in [-0.25, -0.2) is 13.8 Å². The summed E-state index contributed by atoms with van der Waals surface area (Å²) >= 11 is 2.62. The van der Waals surface area contributed by atoms with Crippen LogP contribution in [0.4, 0.5) is 22.0 Å². The third kappa shape index (κ3) is 3.52. The summed E-state index contributed by atoms with van der Waals surface area (Å²) in [6, 6.07) is 1.79. The van der Waals surface area contributed by atoms with E-state index in [2.05, 4.69) is 25.7 Å². The lowest BCUT2D eigenvalue weighted by molar-refractivity contribution is -0.276. The molecule has 92 valence electrons. The van der Waals surface area contributed by atoms with Crippen molar-refractivity contribution in [1.29, 1.82) is 5.26 Å². The normalized spacial score (nSPS) is 11.4. The van der Waals surface area contributed by atoms with Gasteiger partial charge in [0.05, 0.1) is 5.56 Å². The molecule has 0 amide bonds. The van der Waals surface area contributed by atoms with Crippen molar-refractivity contribution in [3.05, 3.63) is 21.8 Å². The number of alkyl halides is 5. The number of hydrogen-bond donors (Lipinski definition) is 0. The average Bonchev–Trinajstić information content (AvgIpc) is 2.13. The maximum Gasteiger partial charge on any atom is 0.574 e. The molecule has 1 rings (SSSR count). The summed E-state index contributed by atoms with van der Waals surface area (Å²) in [6.07, 6.45) is -8.15. The molecule has 0 aliphatic rings. The van der Waals surface area contributed by atoms with Gasteiger partial charge in [-0.15, -0.1) is 13.2 Å². The SMILES string of the molecule is N#Cc1c(C(F)F)cc(OC(F)(F)F)nc1Br. The lowest BCUT2D eigenvalue weighted by Gasteiger charge is -2.10. The molecule has 9 heteroatoms. The van der Waals surface area contributed by atoms with Crippen molar-refractivity contribution in [2.24, 2.45) is 0 Å². The Labute approximate surface area is 99.9 Å². The number of pyridine rings is 1. The fourth-order valence-corrected chi connectivity index (χ4v) is 1.46. The van der Waals surface area contributed by atoms with E-state index in [4.69, 9.17) is 5.26 Å². The van der Waals surface area contributed by atoms with Gasteiger partial charge in [-0.1, -0.05) is 0 Å². The number of hydrogen-bond acceptors (Lipinski definition) is 3. The number of halogens is 6. The summed E-state index contributed by atoms with van der Waals surface area (Å²) in [7, 11) is 0. The topological polar surface area (TPSA) is 45.9 Å². The first kappa shape index (κ1) is 13.6. The van der Waals surface area contributed by atoms with Gasteiger partial charge in [0.25, 0.3) is 6.43 Å². The van der Waals surface area contributed by atoms with Gasteiger partial charge < -0.3 is 4.74 Å². The van der Waals surface area contributed by atoms with Crippen molar-refractivity contribution in [3.63, 3.8) is 0 Å². The molecule has 0 bridgehead atoms. The maximum absolute atomic E-state index is 12.5. The van der Waals surface area contributed by atoms with Crippen LogP contribution < -0.4 is 4.74 Å². The van der Waals surface area contributed by atoms with Crippen LogP contribution in [-0.2, 0) is 0 Å². The fourth-order valence-electron chi connectivity index (χ4n) is 0.963. The minimum atomic E-state index is -5.04. The van der Waals surface area contributed by atoms with Crippen molar-refractivity contribution < 1.29 is 26.7 Å². The number of nitriles is 1. The maximum atomic E-state index is 12.5. The molecule has 0 radical (unpaired) electrons. The lowest BCUT2D eigenvalue weighted by Crippen LogP contribution is -2.18. The molecule has 0 saturated carbocycles. The Kier molecular flexibility index (Phi) is 3.87. The van der Waals surface area contributed by atoms with Crippen LogP contribution in [0.3, 0.4) is 0 Å². The molecule has 1 heterocycles. The Morgan fingerprint density at radius 2 is 2.00 bits per heavy atom. The van der Waals surface area contributed by atoms with Gasteiger partial charge in [0, 0.05) is 11.6 Å². The zero-order valence-corrected chi connectivity index (χ0v) is 9.31. The van der Waals surface area contributed by atoms with E-state index in [1.807, 2.05) is 0 Å². The Hall–Kier alpha value is -1.43. The van der Waals surface area contributed by atoms with Gasteiger partial charge in [-0.2, -0.15) is 5.26 Å². The number of nitrogens with zero attached hydrogens (tertiary/aromatic N) is 2. The second-order valence-electron chi connectivity index (χ2n) is 2.68. The summed E-state index contributed by atoms with van der Waals surface area (Å²) in [6.45, 7) is 0. The predicted molar refractivity (Wildman–Crippen MR) is 48.3 cm³/mol. The van der Waals surface area contributed by atoms with Crippen LogP contribution in [0.15, 0.2) is 10.7 Å². The minimum absolute atomic E-state index is 0.376. The smallest absolute Gasteiger partial charge is 0.388 e. The second kappa shape index (κ2) is 4.83. The minimum Gasteiger partial charge on any atom is -0.388 e.